The molecule has 0 unspecified atom stereocenters. The molecule has 0 aliphatic carbocycles. The largest absolute Gasteiger partial charge is 0.293 e. The summed E-state index contributed by atoms with van der Waals surface area (Å²) in [6.07, 6.45) is 2.84. The van der Waals surface area contributed by atoms with Crippen LogP contribution < -0.4 is 5.56 Å². The van der Waals surface area contributed by atoms with Gasteiger partial charge in [-0.1, -0.05) is 55.8 Å². The van der Waals surface area contributed by atoms with Crippen molar-refractivity contribution in [2.45, 2.75) is 40.0 Å². The Morgan fingerprint density at radius 3 is 2.65 bits per heavy atom. The second-order valence-electron chi connectivity index (χ2n) is 6.88. The zero-order chi connectivity index (χ0) is 18.3. The number of hydrogen-bond acceptors (Lipinski definition) is 2. The fourth-order valence-electron chi connectivity index (χ4n) is 3.73. The van der Waals surface area contributed by atoms with Gasteiger partial charge in [0.1, 0.15) is 0 Å². The zero-order valence-corrected chi connectivity index (χ0v) is 15.5. The van der Waals surface area contributed by atoms with Gasteiger partial charge in [0.15, 0.2) is 5.65 Å². The molecule has 0 fully saturated rings. The Balaban J connectivity index is 2.02. The van der Waals surface area contributed by atoms with E-state index in [1.54, 1.807) is 4.52 Å². The normalized spacial score (nSPS) is 11.5. The first-order valence-electron chi connectivity index (χ1n) is 9.20. The van der Waals surface area contributed by atoms with Crippen molar-refractivity contribution in [3.05, 3.63) is 69.8 Å². The van der Waals surface area contributed by atoms with Crippen LogP contribution in [0.1, 0.15) is 36.7 Å². The van der Waals surface area contributed by atoms with Crippen molar-refractivity contribution < 1.29 is 0 Å². The number of aryl methyl sites for hydroxylation is 2. The topological polar surface area (TPSA) is 50.2 Å². The molecule has 1 N–H and O–H groups in total. The van der Waals surface area contributed by atoms with Gasteiger partial charge < -0.3 is 0 Å². The van der Waals surface area contributed by atoms with E-state index in [0.717, 1.165) is 47.3 Å². The van der Waals surface area contributed by atoms with Gasteiger partial charge in [0.25, 0.3) is 5.56 Å². The van der Waals surface area contributed by atoms with E-state index in [-0.39, 0.29) is 5.56 Å². The smallest absolute Gasteiger partial charge is 0.276 e. The van der Waals surface area contributed by atoms with E-state index in [4.69, 9.17) is 4.98 Å². The molecule has 2 aromatic carbocycles. The third-order valence-corrected chi connectivity index (χ3v) is 5.10. The predicted octanol–water partition coefficient (Wildman–Crippen LogP) is 4.80. The molecule has 2 heterocycles. The van der Waals surface area contributed by atoms with Crippen LogP contribution in [0.4, 0.5) is 0 Å². The Hall–Kier alpha value is -2.88. The van der Waals surface area contributed by atoms with Crippen LogP contribution in [-0.2, 0) is 6.42 Å². The highest BCUT2D eigenvalue weighted by molar-refractivity contribution is 6.00. The summed E-state index contributed by atoms with van der Waals surface area (Å²) < 4.78 is 1.62. The molecule has 132 valence electrons. The lowest BCUT2D eigenvalue weighted by molar-refractivity contribution is 0.757. The molecule has 4 aromatic rings. The number of aromatic amines is 1. The molecule has 0 spiro atoms. The lowest BCUT2D eigenvalue weighted by Gasteiger charge is -2.08. The van der Waals surface area contributed by atoms with Crippen LogP contribution in [0.2, 0.25) is 0 Å². The van der Waals surface area contributed by atoms with Crippen LogP contribution in [-0.4, -0.2) is 14.6 Å². The standard InChI is InChI=1S/C22H23N3O/c1-4-5-11-17-14(2)23-21-20(15(3)24-25(21)22(17)26)19-13-8-10-16-9-6-7-12-18(16)19/h6-10,12-13,24H,4-5,11H2,1-3H3. The minimum Gasteiger partial charge on any atom is -0.293 e. The zero-order valence-electron chi connectivity index (χ0n) is 15.5. The Kier molecular flexibility index (Phi) is 4.11. The van der Waals surface area contributed by atoms with Crippen LogP contribution >= 0.6 is 0 Å². The average Bonchev–Trinajstić information content (AvgIpc) is 2.97. The van der Waals surface area contributed by atoms with Crippen molar-refractivity contribution in [2.75, 3.05) is 0 Å². The van der Waals surface area contributed by atoms with Gasteiger partial charge in [-0.05, 0) is 43.0 Å². The van der Waals surface area contributed by atoms with Gasteiger partial charge in [-0.25, -0.2) is 9.50 Å². The number of aromatic nitrogens is 3. The molecule has 2 aromatic heterocycles. The number of fused-ring (bicyclic) bond motifs is 2. The maximum Gasteiger partial charge on any atom is 0.276 e. The lowest BCUT2D eigenvalue weighted by Crippen LogP contribution is -2.22. The van der Waals surface area contributed by atoms with Gasteiger partial charge in [-0.15, -0.1) is 0 Å². The molecule has 4 heteroatoms. The van der Waals surface area contributed by atoms with Crippen LogP contribution in [0.25, 0.3) is 27.5 Å². The van der Waals surface area contributed by atoms with Crippen LogP contribution in [0.3, 0.4) is 0 Å². The summed E-state index contributed by atoms with van der Waals surface area (Å²) in [5.74, 6) is 0. The first kappa shape index (κ1) is 16.6. The molecule has 0 bridgehead atoms. The molecule has 0 amide bonds. The Labute approximate surface area is 152 Å². The van der Waals surface area contributed by atoms with E-state index in [1.165, 1.54) is 10.8 Å². The summed E-state index contributed by atoms with van der Waals surface area (Å²) in [6.45, 7) is 6.09. The van der Waals surface area contributed by atoms with Gasteiger partial charge in [0.05, 0.1) is 0 Å². The van der Waals surface area contributed by atoms with Gasteiger partial charge in [0, 0.05) is 22.5 Å². The summed E-state index contributed by atoms with van der Waals surface area (Å²) in [7, 11) is 0. The Morgan fingerprint density at radius 2 is 1.85 bits per heavy atom. The van der Waals surface area contributed by atoms with Gasteiger partial charge in [0.2, 0.25) is 0 Å². The second-order valence-corrected chi connectivity index (χ2v) is 6.88. The molecule has 0 radical (unpaired) electrons. The molecule has 0 saturated carbocycles. The molecular weight excluding hydrogens is 322 g/mol. The molecule has 0 atom stereocenters. The summed E-state index contributed by atoms with van der Waals surface area (Å²) in [5.41, 5.74) is 5.45. The highest BCUT2D eigenvalue weighted by atomic mass is 16.1. The van der Waals surface area contributed by atoms with Crippen molar-refractivity contribution in [1.82, 2.24) is 14.6 Å². The van der Waals surface area contributed by atoms with E-state index < -0.39 is 0 Å². The third-order valence-electron chi connectivity index (χ3n) is 5.10. The maximum atomic E-state index is 13.0. The minimum absolute atomic E-state index is 0.0236. The maximum absolute atomic E-state index is 13.0. The van der Waals surface area contributed by atoms with Crippen LogP contribution in [0.5, 0.6) is 0 Å². The molecule has 4 nitrogen and oxygen atoms in total. The quantitative estimate of drug-likeness (QED) is 0.577. The fraction of sp³-hybridized carbons (Fsp3) is 0.273. The highest BCUT2D eigenvalue weighted by Gasteiger charge is 2.18. The van der Waals surface area contributed by atoms with E-state index >= 15 is 0 Å². The van der Waals surface area contributed by atoms with Crippen molar-refractivity contribution in [1.29, 1.82) is 0 Å². The van der Waals surface area contributed by atoms with E-state index in [9.17, 15) is 4.79 Å². The molecule has 0 aliphatic rings. The Bertz CT molecular complexity index is 1160. The monoisotopic (exact) mass is 345 g/mol. The lowest BCUT2D eigenvalue weighted by atomic mass is 9.98. The van der Waals surface area contributed by atoms with Gasteiger partial charge in [-0.2, -0.15) is 0 Å². The molecule has 0 saturated heterocycles. The number of benzene rings is 2. The average molecular weight is 345 g/mol. The van der Waals surface area contributed by atoms with Crippen LogP contribution in [0, 0.1) is 13.8 Å². The number of H-pyrrole nitrogens is 1. The number of hydrogen-bond donors (Lipinski definition) is 1. The van der Waals surface area contributed by atoms with E-state index in [2.05, 4.69) is 42.4 Å². The van der Waals surface area contributed by atoms with Crippen molar-refractivity contribution in [3.8, 4) is 11.1 Å². The van der Waals surface area contributed by atoms with Crippen molar-refractivity contribution in [3.63, 3.8) is 0 Å². The summed E-state index contributed by atoms with van der Waals surface area (Å²) in [6, 6.07) is 14.6. The first-order valence-corrected chi connectivity index (χ1v) is 9.20. The molecule has 4 rings (SSSR count). The van der Waals surface area contributed by atoms with E-state index in [1.807, 2.05) is 26.0 Å². The minimum atomic E-state index is 0.0236. The van der Waals surface area contributed by atoms with E-state index in [0.29, 0.717) is 5.65 Å². The molecular formula is C22H23N3O. The SMILES string of the molecule is CCCCc1c(C)nc2c(-c3cccc4ccccc34)c(C)[nH]n2c1=O. The van der Waals surface area contributed by atoms with Crippen molar-refractivity contribution in [2.24, 2.45) is 0 Å². The predicted molar refractivity (Wildman–Crippen MR) is 107 cm³/mol. The summed E-state index contributed by atoms with van der Waals surface area (Å²) in [4.78, 5) is 17.8. The highest BCUT2D eigenvalue weighted by Crippen LogP contribution is 2.33. The molecule has 26 heavy (non-hydrogen) atoms. The summed E-state index contributed by atoms with van der Waals surface area (Å²) in [5, 5.41) is 5.60. The molecule has 0 aliphatic heterocycles. The van der Waals surface area contributed by atoms with Crippen LogP contribution in [0.15, 0.2) is 47.3 Å². The number of nitrogens with zero attached hydrogens (tertiary/aromatic N) is 2. The third kappa shape index (κ3) is 2.53. The number of nitrogens with one attached hydrogen (secondary N) is 1. The number of rotatable bonds is 4. The fourth-order valence-corrected chi connectivity index (χ4v) is 3.73. The Morgan fingerprint density at radius 1 is 1.08 bits per heavy atom. The van der Waals surface area contributed by atoms with Gasteiger partial charge in [-0.3, -0.25) is 9.89 Å². The second kappa shape index (κ2) is 6.45. The first-order chi connectivity index (χ1) is 12.6. The van der Waals surface area contributed by atoms with Gasteiger partial charge >= 0.3 is 0 Å². The van der Waals surface area contributed by atoms with Crippen molar-refractivity contribution >= 4 is 16.4 Å². The summed E-state index contributed by atoms with van der Waals surface area (Å²) >= 11 is 0. The number of unbranched alkanes of at least 4 members (excludes halogenated alkanes) is 1.